The molecule has 8 heteroatoms. The first kappa shape index (κ1) is 12.1. The predicted octanol–water partition coefficient (Wildman–Crippen LogP) is 0.0642. The molecule has 1 aliphatic rings. The third-order valence-corrected chi connectivity index (χ3v) is 3.38. The van der Waals surface area contributed by atoms with E-state index >= 15 is 0 Å². The summed E-state index contributed by atoms with van der Waals surface area (Å²) in [5, 5.41) is 8.61. The summed E-state index contributed by atoms with van der Waals surface area (Å²) in [5.74, 6) is -1.15. The highest BCUT2D eigenvalue weighted by Crippen LogP contribution is 2.19. The molecule has 0 bridgehead atoms. The molecule has 2 rings (SSSR count). The van der Waals surface area contributed by atoms with Gasteiger partial charge in [0.1, 0.15) is 5.76 Å². The molecular formula is C9H12N2O5S. The molecule has 0 amide bonds. The average molecular weight is 260 g/mol. The number of hydrogen-bond donors (Lipinski definition) is 3. The molecule has 0 atom stereocenters. The monoisotopic (exact) mass is 260 g/mol. The molecule has 1 aliphatic carbocycles. The summed E-state index contributed by atoms with van der Waals surface area (Å²) in [6.07, 6.45) is 1.70. The first-order chi connectivity index (χ1) is 7.96. The van der Waals surface area contributed by atoms with E-state index in [9.17, 15) is 13.2 Å². The van der Waals surface area contributed by atoms with Gasteiger partial charge in [-0.05, 0) is 25.0 Å². The summed E-state index contributed by atoms with van der Waals surface area (Å²) in [4.78, 5) is 10.5. The first-order valence-corrected chi connectivity index (χ1v) is 6.53. The normalized spacial score (nSPS) is 16.0. The van der Waals surface area contributed by atoms with Crippen molar-refractivity contribution in [3.05, 3.63) is 23.7 Å². The van der Waals surface area contributed by atoms with Crippen molar-refractivity contribution in [3.8, 4) is 0 Å². The minimum atomic E-state index is -3.53. The van der Waals surface area contributed by atoms with Crippen molar-refractivity contribution in [3.63, 3.8) is 0 Å². The number of aromatic carboxylic acids is 1. The Kier molecular flexibility index (Phi) is 3.18. The van der Waals surface area contributed by atoms with Crippen LogP contribution >= 0.6 is 0 Å². The number of furan rings is 1. The van der Waals surface area contributed by atoms with E-state index in [-0.39, 0.29) is 24.1 Å². The van der Waals surface area contributed by atoms with E-state index < -0.39 is 16.2 Å². The molecule has 17 heavy (non-hydrogen) atoms. The van der Waals surface area contributed by atoms with Crippen LogP contribution in [-0.4, -0.2) is 25.5 Å². The number of carbonyl (C=O) groups is 1. The van der Waals surface area contributed by atoms with Gasteiger partial charge in [0, 0.05) is 6.04 Å². The van der Waals surface area contributed by atoms with Gasteiger partial charge in [0.15, 0.2) is 0 Å². The minimum Gasteiger partial charge on any atom is -0.475 e. The molecule has 0 unspecified atom stereocenters. The van der Waals surface area contributed by atoms with E-state index in [1.165, 1.54) is 12.1 Å². The van der Waals surface area contributed by atoms with E-state index in [0.717, 1.165) is 12.8 Å². The van der Waals surface area contributed by atoms with E-state index in [4.69, 9.17) is 9.52 Å². The van der Waals surface area contributed by atoms with Gasteiger partial charge in [0.05, 0.1) is 6.54 Å². The van der Waals surface area contributed by atoms with Crippen LogP contribution in [0.15, 0.2) is 16.5 Å². The molecule has 7 nitrogen and oxygen atoms in total. The first-order valence-electron chi connectivity index (χ1n) is 5.05. The fraction of sp³-hybridized carbons (Fsp3) is 0.444. The van der Waals surface area contributed by atoms with Gasteiger partial charge in [-0.25, -0.2) is 4.79 Å². The van der Waals surface area contributed by atoms with Gasteiger partial charge in [-0.3, -0.25) is 0 Å². The molecule has 0 radical (unpaired) electrons. The predicted molar refractivity (Wildman–Crippen MR) is 57.6 cm³/mol. The van der Waals surface area contributed by atoms with Gasteiger partial charge in [0.25, 0.3) is 10.2 Å². The van der Waals surface area contributed by atoms with Gasteiger partial charge in [-0.1, -0.05) is 0 Å². The second kappa shape index (κ2) is 4.47. The van der Waals surface area contributed by atoms with E-state index in [0.29, 0.717) is 0 Å². The summed E-state index contributed by atoms with van der Waals surface area (Å²) < 4.78 is 32.4. The van der Waals surface area contributed by atoms with Crippen LogP contribution in [0.25, 0.3) is 0 Å². The molecule has 1 aromatic rings. The quantitative estimate of drug-likeness (QED) is 0.670. The summed E-state index contributed by atoms with van der Waals surface area (Å²) in [5.41, 5.74) is 0. The Labute approximate surface area is 98.0 Å². The zero-order chi connectivity index (χ0) is 12.5. The van der Waals surface area contributed by atoms with E-state index in [1.54, 1.807) is 0 Å². The Morgan fingerprint density at radius 2 is 2.18 bits per heavy atom. The van der Waals surface area contributed by atoms with Gasteiger partial charge in [-0.2, -0.15) is 17.9 Å². The van der Waals surface area contributed by atoms with Gasteiger partial charge in [-0.15, -0.1) is 0 Å². The zero-order valence-corrected chi connectivity index (χ0v) is 9.66. The molecular weight excluding hydrogens is 248 g/mol. The molecule has 1 fully saturated rings. The lowest BCUT2D eigenvalue weighted by Crippen LogP contribution is -2.37. The van der Waals surface area contributed by atoms with Crippen LogP contribution in [0.3, 0.4) is 0 Å². The molecule has 1 saturated carbocycles. The lowest BCUT2D eigenvalue weighted by molar-refractivity contribution is 0.0660. The molecule has 1 aromatic heterocycles. The van der Waals surface area contributed by atoms with Crippen LogP contribution in [0, 0.1) is 0 Å². The largest absolute Gasteiger partial charge is 0.475 e. The third-order valence-electron chi connectivity index (χ3n) is 2.21. The highest BCUT2D eigenvalue weighted by atomic mass is 32.2. The fourth-order valence-electron chi connectivity index (χ4n) is 1.22. The van der Waals surface area contributed by atoms with Crippen molar-refractivity contribution in [2.75, 3.05) is 0 Å². The number of nitrogens with one attached hydrogen (secondary N) is 2. The SMILES string of the molecule is O=C(O)c1ccc(CNS(=O)(=O)NC2CC2)o1. The molecule has 0 aliphatic heterocycles. The number of rotatable bonds is 6. The smallest absolute Gasteiger partial charge is 0.371 e. The van der Waals surface area contributed by atoms with E-state index in [1.807, 2.05) is 0 Å². The Morgan fingerprint density at radius 3 is 2.71 bits per heavy atom. The van der Waals surface area contributed by atoms with Crippen LogP contribution in [0.2, 0.25) is 0 Å². The lowest BCUT2D eigenvalue weighted by atomic mass is 10.4. The number of carboxylic acids is 1. The van der Waals surface area contributed by atoms with Crippen molar-refractivity contribution >= 4 is 16.2 Å². The summed E-state index contributed by atoms with van der Waals surface area (Å²) >= 11 is 0. The van der Waals surface area contributed by atoms with E-state index in [2.05, 4.69) is 9.44 Å². The lowest BCUT2D eigenvalue weighted by Gasteiger charge is -2.05. The molecule has 1 heterocycles. The minimum absolute atomic E-state index is 0.0266. The van der Waals surface area contributed by atoms with Gasteiger partial charge in [0.2, 0.25) is 5.76 Å². The summed E-state index contributed by atoms with van der Waals surface area (Å²) in [7, 11) is -3.53. The topological polar surface area (TPSA) is 109 Å². The van der Waals surface area contributed by atoms with Crippen LogP contribution in [0.4, 0.5) is 0 Å². The van der Waals surface area contributed by atoms with Crippen LogP contribution in [0.5, 0.6) is 0 Å². The van der Waals surface area contributed by atoms with Crippen molar-refractivity contribution in [2.24, 2.45) is 0 Å². The highest BCUT2D eigenvalue weighted by Gasteiger charge is 2.26. The Morgan fingerprint density at radius 1 is 1.47 bits per heavy atom. The van der Waals surface area contributed by atoms with Gasteiger partial charge < -0.3 is 9.52 Å². The maximum Gasteiger partial charge on any atom is 0.371 e. The van der Waals surface area contributed by atoms with Crippen LogP contribution in [0.1, 0.15) is 29.2 Å². The van der Waals surface area contributed by atoms with Crippen LogP contribution in [-0.2, 0) is 16.8 Å². The second-order valence-corrected chi connectivity index (χ2v) is 5.32. The van der Waals surface area contributed by atoms with Crippen molar-refractivity contribution < 1.29 is 22.7 Å². The molecule has 3 N–H and O–H groups in total. The molecule has 0 spiro atoms. The average Bonchev–Trinajstić information content (AvgIpc) is 2.90. The highest BCUT2D eigenvalue weighted by molar-refractivity contribution is 7.87. The van der Waals surface area contributed by atoms with Crippen molar-refractivity contribution in [1.82, 2.24) is 9.44 Å². The molecule has 94 valence electrons. The summed E-state index contributed by atoms with van der Waals surface area (Å²) in [6.45, 7) is -0.0741. The summed E-state index contributed by atoms with van der Waals surface area (Å²) in [6, 6.07) is 2.72. The number of carboxylic acid groups (broad SMARTS) is 1. The zero-order valence-electron chi connectivity index (χ0n) is 8.84. The van der Waals surface area contributed by atoms with Gasteiger partial charge >= 0.3 is 5.97 Å². The fourth-order valence-corrected chi connectivity index (χ4v) is 2.31. The third kappa shape index (κ3) is 3.55. The van der Waals surface area contributed by atoms with Crippen molar-refractivity contribution in [2.45, 2.75) is 25.4 Å². The number of hydrogen-bond acceptors (Lipinski definition) is 4. The second-order valence-electron chi connectivity index (χ2n) is 3.79. The Bertz CT molecular complexity index is 517. The van der Waals surface area contributed by atoms with Crippen molar-refractivity contribution in [1.29, 1.82) is 0 Å². The Hall–Kier alpha value is -1.38. The molecule has 0 aromatic carbocycles. The Balaban J connectivity index is 1.89. The standard InChI is InChI=1S/C9H12N2O5S/c12-9(13)8-4-3-7(16-8)5-10-17(14,15)11-6-1-2-6/h3-4,6,10-11H,1-2,5H2,(H,12,13). The van der Waals surface area contributed by atoms with Crippen LogP contribution < -0.4 is 9.44 Å². The maximum atomic E-state index is 11.4. The maximum absolute atomic E-state index is 11.4. The molecule has 0 saturated heterocycles.